The van der Waals surface area contributed by atoms with E-state index < -0.39 is 11.6 Å². The van der Waals surface area contributed by atoms with Crippen molar-refractivity contribution in [3.8, 4) is 39.6 Å². The van der Waals surface area contributed by atoms with Gasteiger partial charge in [0.15, 0.2) is 23.1 Å². The molecule has 7 rings (SSSR count). The molecule has 0 radical (unpaired) electrons. The summed E-state index contributed by atoms with van der Waals surface area (Å²) in [6.45, 7) is 7.13. The van der Waals surface area contributed by atoms with Crippen LogP contribution in [0.5, 0.6) is 17.2 Å². The molecule has 5 aromatic rings. The fourth-order valence-corrected chi connectivity index (χ4v) is 7.84. The van der Waals surface area contributed by atoms with Gasteiger partial charge in [-0.1, -0.05) is 31.5 Å². The number of phenols is 1. The summed E-state index contributed by atoms with van der Waals surface area (Å²) < 4.78 is 40.2. The van der Waals surface area contributed by atoms with Crippen LogP contribution in [0.15, 0.2) is 85.1 Å². The number of hydrogen-bond donors (Lipinski definition) is 1. The topological polar surface area (TPSA) is 58.1 Å². The highest BCUT2D eigenvalue weighted by Crippen LogP contribution is 2.49. The van der Waals surface area contributed by atoms with Crippen LogP contribution in [0, 0.1) is 18.6 Å². The molecule has 0 unspecified atom stereocenters. The third kappa shape index (κ3) is 8.18. The molecule has 1 saturated heterocycles. The number of methoxy groups -OCH3 is 2. The van der Waals surface area contributed by atoms with Crippen LogP contribution in [0.3, 0.4) is 0 Å². The molecule has 8 heteroatoms. The third-order valence-electron chi connectivity index (χ3n) is 10.8. The van der Waals surface area contributed by atoms with Crippen molar-refractivity contribution < 1.29 is 23.4 Å². The maximum Gasteiger partial charge on any atom is 0.164 e. The Morgan fingerprint density at radius 3 is 2.36 bits per heavy atom. The number of aromatic nitrogens is 1. The van der Waals surface area contributed by atoms with Crippen molar-refractivity contribution >= 4 is 5.69 Å². The van der Waals surface area contributed by atoms with Crippen LogP contribution < -0.4 is 14.4 Å². The van der Waals surface area contributed by atoms with E-state index in [1.807, 2.05) is 25.1 Å². The first kappa shape index (κ1) is 36.4. The highest BCUT2D eigenvalue weighted by molar-refractivity contribution is 5.71. The van der Waals surface area contributed by atoms with E-state index in [9.17, 15) is 13.9 Å². The van der Waals surface area contributed by atoms with Crippen molar-refractivity contribution in [3.05, 3.63) is 125 Å². The molecule has 1 aliphatic carbocycles. The molecule has 1 N–H and O–H groups in total. The number of piperidine rings is 1. The summed E-state index contributed by atoms with van der Waals surface area (Å²) in [5.74, 6) is 0.784. The van der Waals surface area contributed by atoms with E-state index in [1.165, 1.54) is 36.1 Å². The smallest absolute Gasteiger partial charge is 0.164 e. The summed E-state index contributed by atoms with van der Waals surface area (Å²) in [5.41, 5.74) is 9.97. The highest BCUT2D eigenvalue weighted by Gasteiger charge is 2.30. The van der Waals surface area contributed by atoms with Gasteiger partial charge >= 0.3 is 0 Å². The summed E-state index contributed by atoms with van der Waals surface area (Å²) in [6.07, 6.45) is 7.64. The van der Waals surface area contributed by atoms with E-state index in [-0.39, 0.29) is 6.04 Å². The quantitative estimate of drug-likeness (QED) is 0.131. The van der Waals surface area contributed by atoms with Crippen molar-refractivity contribution in [1.29, 1.82) is 0 Å². The molecule has 0 amide bonds. The van der Waals surface area contributed by atoms with Gasteiger partial charge in [-0.25, -0.2) is 8.78 Å². The van der Waals surface area contributed by atoms with E-state index in [0.29, 0.717) is 23.9 Å². The predicted molar refractivity (Wildman–Crippen MR) is 208 cm³/mol. The van der Waals surface area contributed by atoms with E-state index in [4.69, 9.17) is 9.47 Å². The minimum absolute atomic E-state index is 0.138. The molecule has 2 heterocycles. The Labute approximate surface area is 312 Å². The van der Waals surface area contributed by atoms with E-state index in [0.717, 1.165) is 95.9 Å². The number of anilines is 1. The highest BCUT2D eigenvalue weighted by atomic mass is 19.2. The number of aromatic hydroxyl groups is 1. The fraction of sp³-hybridized carbons (Fsp3) is 0.356. The maximum atomic E-state index is 14.7. The first-order valence-corrected chi connectivity index (χ1v) is 18.8. The Kier molecular flexibility index (Phi) is 11.0. The molecule has 276 valence electrons. The second-order valence-corrected chi connectivity index (χ2v) is 14.6. The lowest BCUT2D eigenvalue weighted by Crippen LogP contribution is -2.44. The minimum atomic E-state index is -0.848. The van der Waals surface area contributed by atoms with Crippen molar-refractivity contribution in [1.82, 2.24) is 9.88 Å². The van der Waals surface area contributed by atoms with Crippen LogP contribution in [0.2, 0.25) is 0 Å². The van der Waals surface area contributed by atoms with Gasteiger partial charge in [-0.3, -0.25) is 9.88 Å². The first-order valence-electron chi connectivity index (χ1n) is 18.8. The molecule has 6 nitrogen and oxygen atoms in total. The Balaban J connectivity index is 1.08. The lowest BCUT2D eigenvalue weighted by atomic mass is 9.97. The lowest BCUT2D eigenvalue weighted by Gasteiger charge is -2.40. The number of nitrogens with zero attached hydrogens (tertiary/aromatic N) is 3. The number of ether oxygens (including phenoxy) is 2. The van der Waals surface area contributed by atoms with Gasteiger partial charge in [0.2, 0.25) is 0 Å². The molecule has 4 aromatic carbocycles. The van der Waals surface area contributed by atoms with Crippen LogP contribution in [0.1, 0.15) is 72.8 Å². The van der Waals surface area contributed by atoms with Crippen LogP contribution in [-0.4, -0.2) is 48.3 Å². The zero-order valence-corrected chi connectivity index (χ0v) is 31.2. The Morgan fingerprint density at radius 1 is 0.830 bits per heavy atom. The fourth-order valence-electron chi connectivity index (χ4n) is 7.84. The van der Waals surface area contributed by atoms with Crippen LogP contribution in [0.25, 0.3) is 22.4 Å². The molecule has 1 aromatic heterocycles. The summed E-state index contributed by atoms with van der Waals surface area (Å²) in [7, 11) is 3.41. The molecule has 0 spiro atoms. The normalized spacial score (nSPS) is 15.1. The largest absolute Gasteiger partial charge is 0.507 e. The zero-order valence-electron chi connectivity index (χ0n) is 31.2. The SMILES string of the molecule is CCCc1cc(-c2cc(CN(c3ccc(F)c(F)c3)C3CCN(Cc4cccc(-c5cc(OC)c(OC)c(C6CC6)c5)c4)CC3)ccn2)cc(C)c1O. The second kappa shape index (κ2) is 16.0. The van der Waals surface area contributed by atoms with E-state index >= 15 is 0 Å². The summed E-state index contributed by atoms with van der Waals surface area (Å²) in [5, 5.41) is 10.6. The number of halogens is 2. The van der Waals surface area contributed by atoms with Crippen LogP contribution in [0.4, 0.5) is 14.5 Å². The van der Waals surface area contributed by atoms with Crippen molar-refractivity contribution in [3.63, 3.8) is 0 Å². The number of phenolic OH excluding ortho intramolecular Hbond substituents is 1. The molecular formula is C45H49F2N3O3. The Hall–Kier alpha value is -4.95. The van der Waals surface area contributed by atoms with Gasteiger partial charge in [-0.2, -0.15) is 0 Å². The molecule has 0 atom stereocenters. The molecular weight excluding hydrogens is 669 g/mol. The van der Waals surface area contributed by atoms with Gasteiger partial charge in [0.05, 0.1) is 19.9 Å². The second-order valence-electron chi connectivity index (χ2n) is 14.6. The van der Waals surface area contributed by atoms with Crippen LogP contribution in [-0.2, 0) is 19.5 Å². The molecule has 2 aliphatic rings. The molecule has 53 heavy (non-hydrogen) atoms. The van der Waals surface area contributed by atoms with Gasteiger partial charge < -0.3 is 19.5 Å². The number of likely N-dealkylation sites (tertiary alicyclic amines) is 1. The molecule has 0 bridgehead atoms. The van der Waals surface area contributed by atoms with Crippen molar-refractivity contribution in [2.45, 2.75) is 77.4 Å². The molecule has 1 aliphatic heterocycles. The number of benzene rings is 4. The summed E-state index contributed by atoms with van der Waals surface area (Å²) >= 11 is 0. The summed E-state index contributed by atoms with van der Waals surface area (Å²) in [4.78, 5) is 9.38. The Morgan fingerprint density at radius 2 is 1.64 bits per heavy atom. The number of hydrogen-bond acceptors (Lipinski definition) is 6. The molecule has 2 fully saturated rings. The van der Waals surface area contributed by atoms with Crippen LogP contribution >= 0.6 is 0 Å². The number of pyridine rings is 1. The lowest BCUT2D eigenvalue weighted by molar-refractivity contribution is 0.201. The molecule has 1 saturated carbocycles. The third-order valence-corrected chi connectivity index (χ3v) is 10.8. The average Bonchev–Trinajstić information content (AvgIpc) is 4.03. The zero-order chi connectivity index (χ0) is 37.1. The summed E-state index contributed by atoms with van der Waals surface area (Å²) in [6, 6.07) is 25.5. The van der Waals surface area contributed by atoms with Gasteiger partial charge in [0.1, 0.15) is 5.75 Å². The van der Waals surface area contributed by atoms with E-state index in [1.54, 1.807) is 26.5 Å². The predicted octanol–water partition coefficient (Wildman–Crippen LogP) is 10.2. The van der Waals surface area contributed by atoms with Gasteiger partial charge in [0.25, 0.3) is 0 Å². The number of aryl methyl sites for hydroxylation is 2. The average molecular weight is 718 g/mol. The Bertz CT molecular complexity index is 2070. The standard InChI is InChI=1S/C45H49F2N3O3/c1-5-7-34-23-36(20-29(2)44(34)51)42-22-31(14-17-48-42)28-50(38-12-13-40(46)41(47)26-38)37-15-18-49(19-16-37)27-30-8-6-9-33(21-30)35-24-39(32-10-11-32)45(53-4)43(25-35)52-3/h6,8-9,12-14,17,20-26,32,37,51H,5,7,10-11,15-16,18-19,27-28H2,1-4H3. The van der Waals surface area contributed by atoms with E-state index in [2.05, 4.69) is 64.2 Å². The minimum Gasteiger partial charge on any atom is -0.507 e. The first-order chi connectivity index (χ1) is 25.7. The monoisotopic (exact) mass is 717 g/mol. The maximum absolute atomic E-state index is 14.7. The van der Waals surface area contributed by atoms with Gasteiger partial charge in [-0.15, -0.1) is 0 Å². The van der Waals surface area contributed by atoms with Gasteiger partial charge in [0, 0.05) is 61.3 Å². The van der Waals surface area contributed by atoms with Crippen molar-refractivity contribution in [2.24, 2.45) is 0 Å². The van der Waals surface area contributed by atoms with Gasteiger partial charge in [-0.05, 0) is 133 Å². The van der Waals surface area contributed by atoms with Crippen molar-refractivity contribution in [2.75, 3.05) is 32.2 Å². The number of rotatable bonds is 13.